The smallest absolute Gasteiger partial charge is 0.183 e. The van der Waals surface area contributed by atoms with E-state index in [4.69, 9.17) is 17.3 Å². The first-order chi connectivity index (χ1) is 9.00. The van der Waals surface area contributed by atoms with Gasteiger partial charge in [-0.1, -0.05) is 17.7 Å². The van der Waals surface area contributed by atoms with Crippen LogP contribution in [-0.2, 0) is 10.8 Å². The van der Waals surface area contributed by atoms with Crippen molar-refractivity contribution in [3.63, 3.8) is 0 Å². The van der Waals surface area contributed by atoms with Crippen molar-refractivity contribution in [1.82, 2.24) is 20.2 Å². The van der Waals surface area contributed by atoms with Crippen molar-refractivity contribution in [2.45, 2.75) is 13.0 Å². The van der Waals surface area contributed by atoms with Gasteiger partial charge < -0.3 is 5.73 Å². The molecule has 0 aliphatic heterocycles. The molecule has 0 amide bonds. The lowest BCUT2D eigenvalue weighted by atomic mass is 10.2. The fraction of sp³-hybridized carbons (Fsp3) is 0.364. The van der Waals surface area contributed by atoms with Crippen LogP contribution in [0.2, 0.25) is 5.02 Å². The van der Waals surface area contributed by atoms with Crippen LogP contribution in [0.3, 0.4) is 0 Å². The van der Waals surface area contributed by atoms with Crippen molar-refractivity contribution >= 4 is 28.1 Å². The van der Waals surface area contributed by atoms with Gasteiger partial charge in [-0.05, 0) is 29.5 Å². The van der Waals surface area contributed by atoms with Crippen molar-refractivity contribution in [3.8, 4) is 11.4 Å². The number of aromatic nitrogens is 4. The highest BCUT2D eigenvalue weighted by molar-refractivity contribution is 7.84. The van der Waals surface area contributed by atoms with E-state index in [2.05, 4.69) is 15.5 Å². The van der Waals surface area contributed by atoms with Gasteiger partial charge in [-0.25, -0.2) is 4.68 Å². The van der Waals surface area contributed by atoms with Crippen LogP contribution in [-0.4, -0.2) is 36.4 Å². The number of tetrazole rings is 1. The molecule has 0 spiro atoms. The number of nitrogens with two attached hydrogens (primary N) is 1. The highest BCUT2D eigenvalue weighted by Crippen LogP contribution is 2.31. The van der Waals surface area contributed by atoms with Crippen LogP contribution in [0.15, 0.2) is 18.2 Å². The molecule has 0 aliphatic carbocycles. The van der Waals surface area contributed by atoms with Gasteiger partial charge in [0.15, 0.2) is 5.82 Å². The third kappa shape index (κ3) is 2.93. The van der Waals surface area contributed by atoms with Gasteiger partial charge >= 0.3 is 0 Å². The molecule has 0 saturated carbocycles. The van der Waals surface area contributed by atoms with Crippen molar-refractivity contribution in [3.05, 3.63) is 23.2 Å². The number of halogens is 1. The Morgan fingerprint density at radius 3 is 2.95 bits per heavy atom. The number of anilines is 1. The van der Waals surface area contributed by atoms with E-state index in [9.17, 15) is 4.21 Å². The second-order valence-corrected chi connectivity index (χ2v) is 6.10. The van der Waals surface area contributed by atoms with Crippen LogP contribution < -0.4 is 5.73 Å². The molecule has 1 aromatic carbocycles. The van der Waals surface area contributed by atoms with E-state index < -0.39 is 10.8 Å². The number of benzene rings is 1. The van der Waals surface area contributed by atoms with E-state index in [1.54, 1.807) is 29.1 Å². The van der Waals surface area contributed by atoms with Crippen molar-refractivity contribution in [1.29, 1.82) is 0 Å². The first-order valence-corrected chi connectivity index (χ1v) is 7.73. The van der Waals surface area contributed by atoms with Crippen LogP contribution >= 0.6 is 11.6 Å². The van der Waals surface area contributed by atoms with Crippen LogP contribution in [0.25, 0.3) is 11.4 Å². The van der Waals surface area contributed by atoms with Crippen LogP contribution in [0, 0.1) is 0 Å². The zero-order valence-corrected chi connectivity index (χ0v) is 12.1. The predicted molar refractivity (Wildman–Crippen MR) is 76.3 cm³/mol. The van der Waals surface area contributed by atoms with Gasteiger partial charge in [0.25, 0.3) is 0 Å². The van der Waals surface area contributed by atoms with E-state index >= 15 is 0 Å². The van der Waals surface area contributed by atoms with Gasteiger partial charge in [-0.15, -0.1) is 5.10 Å². The number of nitrogens with zero attached hydrogens (tertiary/aromatic N) is 4. The Bertz CT molecular complexity index is 615. The maximum atomic E-state index is 11.3. The molecular formula is C11H14ClN5OS. The molecule has 0 radical (unpaired) electrons. The predicted octanol–water partition coefficient (Wildman–Crippen LogP) is 1.52. The monoisotopic (exact) mass is 299 g/mol. The largest absolute Gasteiger partial charge is 0.398 e. The third-order valence-corrected chi connectivity index (χ3v) is 4.03. The molecular weight excluding hydrogens is 286 g/mol. The zero-order chi connectivity index (χ0) is 14.0. The molecule has 0 aliphatic rings. The molecule has 2 unspecified atom stereocenters. The maximum Gasteiger partial charge on any atom is 0.183 e. The molecule has 2 N–H and O–H groups in total. The molecule has 2 rings (SSSR count). The highest BCUT2D eigenvalue weighted by Gasteiger charge is 2.18. The minimum atomic E-state index is -0.929. The summed E-state index contributed by atoms with van der Waals surface area (Å²) in [6, 6.07) is 5.22. The van der Waals surface area contributed by atoms with Gasteiger partial charge in [0.05, 0.1) is 16.8 Å². The van der Waals surface area contributed by atoms with E-state index in [0.717, 1.165) is 0 Å². The SMILES string of the molecule is CC(CS(C)=O)n1nnnc1-c1cccc(N)c1Cl. The van der Waals surface area contributed by atoms with Gasteiger partial charge in [0, 0.05) is 28.4 Å². The lowest BCUT2D eigenvalue weighted by Crippen LogP contribution is -2.15. The molecule has 2 aromatic rings. The fourth-order valence-electron chi connectivity index (χ4n) is 1.80. The highest BCUT2D eigenvalue weighted by atomic mass is 35.5. The fourth-order valence-corrected chi connectivity index (χ4v) is 2.83. The number of nitrogen functional groups attached to an aromatic ring is 1. The van der Waals surface area contributed by atoms with E-state index in [1.807, 2.05) is 6.92 Å². The standard InChI is InChI=1S/C11H14ClN5OS/c1-7(6-19(2)18)17-11(14-15-16-17)8-4-3-5-9(13)10(8)12/h3-5,7H,6,13H2,1-2H3. The summed E-state index contributed by atoms with van der Waals surface area (Å²) >= 11 is 6.17. The minimum Gasteiger partial charge on any atom is -0.398 e. The average molecular weight is 300 g/mol. The van der Waals surface area contributed by atoms with Gasteiger partial charge in [-0.2, -0.15) is 0 Å². The second-order valence-electron chi connectivity index (χ2n) is 4.24. The van der Waals surface area contributed by atoms with Gasteiger partial charge in [-0.3, -0.25) is 4.21 Å². The summed E-state index contributed by atoms with van der Waals surface area (Å²) in [5.41, 5.74) is 6.91. The first kappa shape index (κ1) is 14.0. The Balaban J connectivity index is 2.44. The summed E-state index contributed by atoms with van der Waals surface area (Å²) in [5.74, 6) is 0.994. The minimum absolute atomic E-state index is 0.0895. The van der Waals surface area contributed by atoms with Gasteiger partial charge in [0.1, 0.15) is 0 Å². The summed E-state index contributed by atoms with van der Waals surface area (Å²) < 4.78 is 12.9. The Morgan fingerprint density at radius 2 is 2.26 bits per heavy atom. The van der Waals surface area contributed by atoms with E-state index in [-0.39, 0.29) is 6.04 Å². The maximum absolute atomic E-state index is 11.3. The van der Waals surface area contributed by atoms with E-state index in [0.29, 0.717) is 27.9 Å². The molecule has 1 aromatic heterocycles. The summed E-state index contributed by atoms with van der Waals surface area (Å²) in [6.07, 6.45) is 1.65. The summed E-state index contributed by atoms with van der Waals surface area (Å²) in [5, 5.41) is 12.0. The van der Waals surface area contributed by atoms with Crippen molar-refractivity contribution in [2.24, 2.45) is 0 Å². The quantitative estimate of drug-likeness (QED) is 0.865. The lowest BCUT2D eigenvalue weighted by Gasteiger charge is -2.13. The lowest BCUT2D eigenvalue weighted by molar-refractivity contribution is 0.521. The molecule has 102 valence electrons. The zero-order valence-electron chi connectivity index (χ0n) is 10.6. The Kier molecular flexibility index (Phi) is 4.16. The van der Waals surface area contributed by atoms with E-state index in [1.165, 1.54) is 0 Å². The Hall–Kier alpha value is -1.47. The molecule has 0 fully saturated rings. The third-order valence-electron chi connectivity index (χ3n) is 2.66. The second kappa shape index (κ2) is 5.66. The average Bonchev–Trinajstić information content (AvgIpc) is 2.80. The Labute approximate surface area is 118 Å². The number of rotatable bonds is 4. The summed E-state index contributed by atoms with van der Waals surface area (Å²) in [4.78, 5) is 0. The molecule has 0 bridgehead atoms. The summed E-state index contributed by atoms with van der Waals surface area (Å²) in [6.45, 7) is 1.90. The molecule has 19 heavy (non-hydrogen) atoms. The first-order valence-electron chi connectivity index (χ1n) is 5.63. The van der Waals surface area contributed by atoms with Crippen molar-refractivity contribution < 1.29 is 4.21 Å². The molecule has 0 saturated heterocycles. The van der Waals surface area contributed by atoms with Crippen LogP contribution in [0.4, 0.5) is 5.69 Å². The molecule has 6 nitrogen and oxygen atoms in total. The Morgan fingerprint density at radius 1 is 1.53 bits per heavy atom. The molecule has 2 atom stereocenters. The van der Waals surface area contributed by atoms with Crippen molar-refractivity contribution in [2.75, 3.05) is 17.7 Å². The molecule has 1 heterocycles. The molecule has 8 heteroatoms. The van der Waals surface area contributed by atoms with Crippen LogP contribution in [0.5, 0.6) is 0 Å². The van der Waals surface area contributed by atoms with Gasteiger partial charge in [0.2, 0.25) is 0 Å². The topological polar surface area (TPSA) is 86.7 Å². The number of hydrogen-bond donors (Lipinski definition) is 1. The van der Waals surface area contributed by atoms with Crippen LogP contribution in [0.1, 0.15) is 13.0 Å². The summed E-state index contributed by atoms with van der Waals surface area (Å²) in [7, 11) is -0.929. The normalized spacial score (nSPS) is 14.3. The number of hydrogen-bond acceptors (Lipinski definition) is 5.